The number of rotatable bonds is 3. The Kier molecular flexibility index (Phi) is 4.90. The number of amides is 1. The summed E-state index contributed by atoms with van der Waals surface area (Å²) in [5.74, 6) is -0.423. The number of halogens is 2. The number of piperidine rings is 1. The van der Waals surface area contributed by atoms with Gasteiger partial charge in [-0.15, -0.1) is 0 Å². The fourth-order valence-electron chi connectivity index (χ4n) is 3.35. The van der Waals surface area contributed by atoms with Gasteiger partial charge in [-0.05, 0) is 50.4 Å². The first-order valence-electron chi connectivity index (χ1n) is 8.08. The molecule has 2 aliphatic rings. The second kappa shape index (κ2) is 6.75. The minimum atomic E-state index is -0.465. The SMILES string of the molecule is CC1(C(=O)N[C@@H]2CCO[C@H]2c2ccc(Cl)c(F)c2)CCCNC1. The summed E-state index contributed by atoms with van der Waals surface area (Å²) in [6.45, 7) is 4.19. The van der Waals surface area contributed by atoms with Gasteiger partial charge in [-0.1, -0.05) is 17.7 Å². The van der Waals surface area contributed by atoms with Gasteiger partial charge in [-0.2, -0.15) is 0 Å². The van der Waals surface area contributed by atoms with Crippen molar-refractivity contribution in [2.45, 2.75) is 38.3 Å². The van der Waals surface area contributed by atoms with Crippen molar-refractivity contribution in [1.82, 2.24) is 10.6 Å². The normalized spacial score (nSPS) is 31.1. The molecule has 6 heteroatoms. The Morgan fingerprint density at radius 3 is 3.04 bits per heavy atom. The van der Waals surface area contributed by atoms with Crippen molar-refractivity contribution in [2.75, 3.05) is 19.7 Å². The molecular weight excluding hydrogens is 319 g/mol. The van der Waals surface area contributed by atoms with E-state index in [-0.39, 0.29) is 23.1 Å². The van der Waals surface area contributed by atoms with Crippen LogP contribution < -0.4 is 10.6 Å². The van der Waals surface area contributed by atoms with Crippen LogP contribution in [0.5, 0.6) is 0 Å². The van der Waals surface area contributed by atoms with Crippen LogP contribution in [-0.2, 0) is 9.53 Å². The lowest BCUT2D eigenvalue weighted by molar-refractivity contribution is -0.132. The van der Waals surface area contributed by atoms with E-state index in [9.17, 15) is 9.18 Å². The van der Waals surface area contributed by atoms with Crippen LogP contribution in [0.3, 0.4) is 0 Å². The molecule has 2 saturated heterocycles. The molecule has 2 fully saturated rings. The predicted molar refractivity (Wildman–Crippen MR) is 86.9 cm³/mol. The fraction of sp³-hybridized carbons (Fsp3) is 0.588. The number of benzene rings is 1. The Hall–Kier alpha value is -1.17. The molecule has 1 aromatic carbocycles. The van der Waals surface area contributed by atoms with E-state index in [0.29, 0.717) is 18.7 Å². The Labute approximate surface area is 140 Å². The molecule has 0 spiro atoms. The summed E-state index contributed by atoms with van der Waals surface area (Å²) in [6.07, 6.45) is 2.27. The standard InChI is InChI=1S/C17H22ClFN2O2/c1-17(6-2-7-20-10-17)16(22)21-14-5-8-23-15(14)11-3-4-12(18)13(19)9-11/h3-4,9,14-15,20H,2,5-8,10H2,1H3,(H,21,22)/t14-,15+,17?/m1/s1. The molecule has 1 amide bonds. The number of carbonyl (C=O) groups is 1. The molecule has 0 bridgehead atoms. The molecule has 23 heavy (non-hydrogen) atoms. The van der Waals surface area contributed by atoms with Gasteiger partial charge >= 0.3 is 0 Å². The number of nitrogens with one attached hydrogen (secondary N) is 2. The summed E-state index contributed by atoms with van der Waals surface area (Å²) in [5.41, 5.74) is 0.318. The Bertz CT molecular complexity index is 590. The second-order valence-corrected chi connectivity index (χ2v) is 7.08. The van der Waals surface area contributed by atoms with Gasteiger partial charge in [0.25, 0.3) is 0 Å². The quantitative estimate of drug-likeness (QED) is 0.889. The lowest BCUT2D eigenvalue weighted by Crippen LogP contribution is -2.51. The molecule has 0 aliphatic carbocycles. The van der Waals surface area contributed by atoms with E-state index in [1.807, 2.05) is 6.92 Å². The van der Waals surface area contributed by atoms with Crippen molar-refractivity contribution in [3.05, 3.63) is 34.6 Å². The third-order valence-corrected chi connectivity index (χ3v) is 5.13. The molecule has 2 aliphatic heterocycles. The highest BCUT2D eigenvalue weighted by molar-refractivity contribution is 6.30. The van der Waals surface area contributed by atoms with Gasteiger partial charge in [-0.3, -0.25) is 4.79 Å². The second-order valence-electron chi connectivity index (χ2n) is 6.67. The molecule has 0 radical (unpaired) electrons. The van der Waals surface area contributed by atoms with Crippen molar-refractivity contribution in [3.8, 4) is 0 Å². The van der Waals surface area contributed by atoms with Gasteiger partial charge in [-0.25, -0.2) is 4.39 Å². The zero-order valence-electron chi connectivity index (χ0n) is 13.2. The maximum atomic E-state index is 13.7. The molecule has 0 saturated carbocycles. The predicted octanol–water partition coefficient (Wildman–Crippen LogP) is 2.82. The van der Waals surface area contributed by atoms with Crippen LogP contribution in [0.25, 0.3) is 0 Å². The van der Waals surface area contributed by atoms with Gasteiger partial charge in [0, 0.05) is 13.2 Å². The third-order valence-electron chi connectivity index (χ3n) is 4.83. The molecule has 126 valence electrons. The highest BCUT2D eigenvalue weighted by Gasteiger charge is 2.38. The Morgan fingerprint density at radius 2 is 2.35 bits per heavy atom. The first-order chi connectivity index (χ1) is 11.0. The van der Waals surface area contributed by atoms with E-state index in [4.69, 9.17) is 16.3 Å². The van der Waals surface area contributed by atoms with E-state index < -0.39 is 11.2 Å². The van der Waals surface area contributed by atoms with Crippen molar-refractivity contribution in [3.63, 3.8) is 0 Å². The largest absolute Gasteiger partial charge is 0.371 e. The van der Waals surface area contributed by atoms with E-state index in [2.05, 4.69) is 10.6 Å². The average Bonchev–Trinajstić information content (AvgIpc) is 2.99. The lowest BCUT2D eigenvalue weighted by atomic mass is 9.81. The Morgan fingerprint density at radius 1 is 1.52 bits per heavy atom. The van der Waals surface area contributed by atoms with Crippen LogP contribution in [0, 0.1) is 11.2 Å². The van der Waals surface area contributed by atoms with Gasteiger partial charge < -0.3 is 15.4 Å². The van der Waals surface area contributed by atoms with Gasteiger partial charge in [0.05, 0.1) is 16.5 Å². The van der Waals surface area contributed by atoms with Gasteiger partial charge in [0.2, 0.25) is 5.91 Å². The minimum Gasteiger partial charge on any atom is -0.371 e. The molecule has 3 rings (SSSR count). The summed E-state index contributed by atoms with van der Waals surface area (Å²) in [6, 6.07) is 4.53. The summed E-state index contributed by atoms with van der Waals surface area (Å²) >= 11 is 5.74. The molecule has 2 N–H and O–H groups in total. The first kappa shape index (κ1) is 16.7. The summed E-state index contributed by atoms with van der Waals surface area (Å²) in [4.78, 5) is 12.7. The molecule has 2 heterocycles. The van der Waals surface area contributed by atoms with Gasteiger partial charge in [0.1, 0.15) is 11.9 Å². The monoisotopic (exact) mass is 340 g/mol. The van der Waals surface area contributed by atoms with Crippen LogP contribution in [0.1, 0.15) is 37.9 Å². The first-order valence-corrected chi connectivity index (χ1v) is 8.46. The van der Waals surface area contributed by atoms with Gasteiger partial charge in [0.15, 0.2) is 0 Å². The van der Waals surface area contributed by atoms with E-state index in [1.165, 1.54) is 12.1 Å². The van der Waals surface area contributed by atoms with Crippen molar-refractivity contribution < 1.29 is 13.9 Å². The molecule has 4 nitrogen and oxygen atoms in total. The molecule has 1 aromatic rings. The number of carbonyl (C=O) groups excluding carboxylic acids is 1. The van der Waals surface area contributed by atoms with Crippen LogP contribution in [-0.4, -0.2) is 31.6 Å². The van der Waals surface area contributed by atoms with E-state index >= 15 is 0 Å². The molecular formula is C17H22ClFN2O2. The van der Waals surface area contributed by atoms with Crippen molar-refractivity contribution >= 4 is 17.5 Å². The maximum absolute atomic E-state index is 13.7. The zero-order chi connectivity index (χ0) is 16.4. The fourth-order valence-corrected chi connectivity index (χ4v) is 3.47. The smallest absolute Gasteiger partial charge is 0.227 e. The molecule has 1 unspecified atom stereocenters. The summed E-state index contributed by atoms with van der Waals surface area (Å²) in [7, 11) is 0. The van der Waals surface area contributed by atoms with Crippen LogP contribution >= 0.6 is 11.6 Å². The topological polar surface area (TPSA) is 50.4 Å². The molecule has 3 atom stereocenters. The number of ether oxygens (including phenoxy) is 1. The third kappa shape index (κ3) is 3.52. The number of hydrogen-bond acceptors (Lipinski definition) is 3. The number of hydrogen-bond donors (Lipinski definition) is 2. The van der Waals surface area contributed by atoms with E-state index in [0.717, 1.165) is 25.8 Å². The van der Waals surface area contributed by atoms with E-state index in [1.54, 1.807) is 6.07 Å². The zero-order valence-corrected chi connectivity index (χ0v) is 14.0. The highest BCUT2D eigenvalue weighted by Crippen LogP contribution is 2.33. The maximum Gasteiger partial charge on any atom is 0.227 e. The van der Waals surface area contributed by atoms with Crippen molar-refractivity contribution in [2.24, 2.45) is 5.41 Å². The van der Waals surface area contributed by atoms with Crippen LogP contribution in [0.15, 0.2) is 18.2 Å². The minimum absolute atomic E-state index is 0.0413. The van der Waals surface area contributed by atoms with Crippen LogP contribution in [0.4, 0.5) is 4.39 Å². The summed E-state index contributed by atoms with van der Waals surface area (Å²) in [5, 5.41) is 6.48. The van der Waals surface area contributed by atoms with Crippen LogP contribution in [0.2, 0.25) is 5.02 Å². The average molecular weight is 341 g/mol. The summed E-state index contributed by atoms with van der Waals surface area (Å²) < 4.78 is 19.4. The van der Waals surface area contributed by atoms with Crippen molar-refractivity contribution in [1.29, 1.82) is 0 Å². The highest BCUT2D eigenvalue weighted by atomic mass is 35.5. The Balaban J connectivity index is 1.71. The lowest BCUT2D eigenvalue weighted by Gasteiger charge is -2.34. The molecule has 0 aromatic heterocycles.